The Kier molecular flexibility index (Phi) is 8.54. The van der Waals surface area contributed by atoms with Crippen LogP contribution in [-0.2, 0) is 33.7 Å². The Bertz CT molecular complexity index is 2180. The molecule has 6 aromatic heterocycles. The number of nitrogens with one attached hydrogen (secondary N) is 2. The minimum Gasteiger partial charge on any atom is -0.339 e. The van der Waals surface area contributed by atoms with E-state index in [0.29, 0.717) is 35.7 Å². The van der Waals surface area contributed by atoms with E-state index in [1.165, 1.54) is 23.3 Å². The zero-order valence-corrected chi connectivity index (χ0v) is 25.8. The zero-order chi connectivity index (χ0) is 30.9. The topological polar surface area (TPSA) is 213 Å². The Morgan fingerprint density at radius 1 is 0.767 bits per heavy atom. The number of sulfone groups is 1. The Labute approximate surface area is 246 Å². The van der Waals surface area contributed by atoms with Crippen molar-refractivity contribution >= 4 is 54.5 Å². The van der Waals surface area contributed by atoms with Crippen LogP contribution < -0.4 is 11.1 Å². The van der Waals surface area contributed by atoms with Crippen LogP contribution in [0.1, 0.15) is 52.4 Å². The van der Waals surface area contributed by atoms with Gasteiger partial charge in [0.1, 0.15) is 11.0 Å². The fourth-order valence-corrected chi connectivity index (χ4v) is 6.08. The van der Waals surface area contributed by atoms with Crippen molar-refractivity contribution in [2.45, 2.75) is 75.8 Å². The fraction of sp³-hybridized carbons (Fsp3) is 0.500. The molecule has 0 aliphatic carbocycles. The highest BCUT2D eigenvalue weighted by molar-refractivity contribution is 7.90. The van der Waals surface area contributed by atoms with Gasteiger partial charge in [0.25, 0.3) is 16.3 Å². The molecule has 6 heterocycles. The minimum atomic E-state index is -3.66. The molecule has 230 valence electrons. The van der Waals surface area contributed by atoms with Crippen LogP contribution >= 0.6 is 0 Å². The molecule has 2 N–H and O–H groups in total. The van der Waals surface area contributed by atoms with Gasteiger partial charge in [0.2, 0.25) is 26.5 Å². The van der Waals surface area contributed by atoms with E-state index in [-0.39, 0.29) is 27.2 Å². The predicted molar refractivity (Wildman–Crippen MR) is 158 cm³/mol. The molecule has 0 fully saturated rings. The van der Waals surface area contributed by atoms with Crippen LogP contribution in [0.25, 0.3) is 33.9 Å². The summed E-state index contributed by atoms with van der Waals surface area (Å²) in [4.78, 5) is 39.0. The van der Waals surface area contributed by atoms with Gasteiger partial charge in [0, 0.05) is 25.6 Å². The summed E-state index contributed by atoms with van der Waals surface area (Å²) in [5, 5.41) is 15.3. The third-order valence-corrected chi connectivity index (χ3v) is 8.56. The van der Waals surface area contributed by atoms with Crippen molar-refractivity contribution in [2.75, 3.05) is 12.5 Å². The Morgan fingerprint density at radius 2 is 1.26 bits per heavy atom. The van der Waals surface area contributed by atoms with E-state index in [1.54, 1.807) is 4.57 Å². The number of imidazole rings is 2. The molecule has 6 rings (SSSR count). The molecular weight excluding hydrogens is 600 g/mol. The molecule has 0 radical (unpaired) electrons. The number of hydrogen-bond donors (Lipinski definition) is 2. The molecule has 0 aliphatic heterocycles. The van der Waals surface area contributed by atoms with Crippen molar-refractivity contribution in [3.05, 3.63) is 33.4 Å². The van der Waals surface area contributed by atoms with E-state index in [0.717, 1.165) is 49.2 Å². The highest BCUT2D eigenvalue weighted by Gasteiger charge is 2.23. The quantitative estimate of drug-likeness (QED) is 0.204. The largest absolute Gasteiger partial charge is 0.339 e. The number of fused-ring (bicyclic) bond motifs is 4. The van der Waals surface area contributed by atoms with Crippen molar-refractivity contribution < 1.29 is 12.6 Å². The molecule has 43 heavy (non-hydrogen) atoms. The van der Waals surface area contributed by atoms with Gasteiger partial charge >= 0.3 is 0 Å². The van der Waals surface area contributed by atoms with Crippen LogP contribution in [0.4, 0.5) is 0 Å². The number of aromatic nitrogens is 12. The number of hydrogen-bond acceptors (Lipinski definition) is 11. The summed E-state index contributed by atoms with van der Waals surface area (Å²) < 4.78 is 41.3. The van der Waals surface area contributed by atoms with E-state index < -0.39 is 26.2 Å². The maximum atomic E-state index is 12.5. The minimum absolute atomic E-state index is 0.163. The molecule has 0 aliphatic rings. The SMILES string of the molecule is CCCCCn1c2nc[nH]c2c(=O)n2c(S(C)(=O)=O)nnc12.CCCCCn1c2nc[nH]c2c(=O)n2c(S(C)=O)nnc12. The van der Waals surface area contributed by atoms with Crippen LogP contribution in [0.3, 0.4) is 0 Å². The van der Waals surface area contributed by atoms with E-state index in [2.05, 4.69) is 54.2 Å². The van der Waals surface area contributed by atoms with Gasteiger partial charge < -0.3 is 9.97 Å². The lowest BCUT2D eigenvalue weighted by molar-refractivity contribution is 0.588. The predicted octanol–water partition coefficient (Wildman–Crippen LogP) is 1.06. The number of aromatic amines is 2. The number of nitrogens with zero attached hydrogens (tertiary/aromatic N) is 10. The summed E-state index contributed by atoms with van der Waals surface area (Å²) in [6.45, 7) is 5.48. The normalized spacial score (nSPS) is 12.8. The highest BCUT2D eigenvalue weighted by Crippen LogP contribution is 2.15. The molecular formula is C24H32N12O5S2. The second kappa shape index (κ2) is 12.2. The van der Waals surface area contributed by atoms with Gasteiger partial charge in [0.15, 0.2) is 11.3 Å². The maximum Gasteiger partial charge on any atom is 0.287 e. The molecule has 0 amide bonds. The molecule has 0 bridgehead atoms. The molecule has 1 atom stereocenters. The lowest BCUT2D eigenvalue weighted by Crippen LogP contribution is -2.22. The molecule has 6 aromatic rings. The molecule has 0 spiro atoms. The average Bonchev–Trinajstić information content (AvgIpc) is 3.77. The first-order valence-corrected chi connectivity index (χ1v) is 17.2. The first kappa shape index (κ1) is 30.2. The first-order valence-electron chi connectivity index (χ1n) is 13.8. The van der Waals surface area contributed by atoms with Gasteiger partial charge in [-0.05, 0) is 12.8 Å². The van der Waals surface area contributed by atoms with Crippen LogP contribution in [0, 0.1) is 0 Å². The van der Waals surface area contributed by atoms with Crippen molar-refractivity contribution in [1.29, 1.82) is 0 Å². The maximum absolute atomic E-state index is 12.5. The summed E-state index contributed by atoms with van der Waals surface area (Å²) in [5.74, 6) is 0.585. The third-order valence-electron chi connectivity index (χ3n) is 6.86. The summed E-state index contributed by atoms with van der Waals surface area (Å²) in [7, 11) is -5.05. The lowest BCUT2D eigenvalue weighted by Gasteiger charge is -2.08. The van der Waals surface area contributed by atoms with E-state index in [1.807, 2.05) is 4.57 Å². The second-order valence-electron chi connectivity index (χ2n) is 9.99. The van der Waals surface area contributed by atoms with Crippen LogP contribution in [0.5, 0.6) is 0 Å². The molecule has 0 aromatic carbocycles. The monoisotopic (exact) mass is 632 g/mol. The van der Waals surface area contributed by atoms with Crippen LogP contribution in [0.2, 0.25) is 0 Å². The summed E-state index contributed by atoms with van der Waals surface area (Å²) in [6, 6.07) is 0. The molecule has 0 saturated heterocycles. The third kappa shape index (κ3) is 5.49. The number of H-pyrrole nitrogens is 2. The Balaban J connectivity index is 0.000000171. The van der Waals surface area contributed by atoms with Gasteiger partial charge in [-0.3, -0.25) is 22.9 Å². The molecule has 0 saturated carbocycles. The first-order chi connectivity index (χ1) is 20.6. The Morgan fingerprint density at radius 3 is 1.74 bits per heavy atom. The second-order valence-corrected chi connectivity index (χ2v) is 13.2. The Hall–Kier alpha value is -4.26. The van der Waals surface area contributed by atoms with Gasteiger partial charge in [-0.25, -0.2) is 27.2 Å². The molecule has 19 heteroatoms. The number of rotatable bonds is 10. The standard InChI is InChI=1S/C12H16N6O3S.C12H16N6O2S/c1-3-4-5-6-17-9-8(13-7-14-9)10(19)18-11(17)15-16-12(18)22(2,20)21;1-3-4-5-6-17-9-8(13-7-14-9)10(19)18-11(17)15-16-12(18)21(2)20/h7H,3-6H2,1-2H3,(H,13,14);7H,3-6H2,1-2H3,(H,13,14). The fourth-order valence-electron chi connectivity index (χ4n) is 4.82. The van der Waals surface area contributed by atoms with Gasteiger partial charge in [-0.1, -0.05) is 39.5 Å². The van der Waals surface area contributed by atoms with Crippen LogP contribution in [0.15, 0.2) is 32.6 Å². The van der Waals surface area contributed by atoms with E-state index >= 15 is 0 Å². The number of unbranched alkanes of at least 4 members (excludes halogenated alkanes) is 4. The highest BCUT2D eigenvalue weighted by atomic mass is 32.2. The van der Waals surface area contributed by atoms with Gasteiger partial charge in [-0.2, -0.15) is 0 Å². The lowest BCUT2D eigenvalue weighted by atomic mass is 10.2. The zero-order valence-electron chi connectivity index (χ0n) is 24.1. The average molecular weight is 633 g/mol. The van der Waals surface area contributed by atoms with Gasteiger partial charge in [-0.15, -0.1) is 20.4 Å². The van der Waals surface area contributed by atoms with Gasteiger partial charge in [0.05, 0.1) is 23.5 Å². The molecule has 17 nitrogen and oxygen atoms in total. The van der Waals surface area contributed by atoms with Crippen molar-refractivity contribution in [1.82, 2.24) is 58.3 Å². The van der Waals surface area contributed by atoms with Crippen molar-refractivity contribution in [2.24, 2.45) is 0 Å². The summed E-state index contributed by atoms with van der Waals surface area (Å²) in [6.07, 6.45) is 11.4. The summed E-state index contributed by atoms with van der Waals surface area (Å²) >= 11 is 0. The number of aryl methyl sites for hydroxylation is 2. The van der Waals surface area contributed by atoms with Crippen LogP contribution in [-0.4, -0.2) is 83.4 Å². The smallest absolute Gasteiger partial charge is 0.287 e. The molecule has 1 unspecified atom stereocenters. The summed E-state index contributed by atoms with van der Waals surface area (Å²) in [5.41, 5.74) is 0.809. The van der Waals surface area contributed by atoms with Crippen molar-refractivity contribution in [3.63, 3.8) is 0 Å². The van der Waals surface area contributed by atoms with E-state index in [4.69, 9.17) is 0 Å². The van der Waals surface area contributed by atoms with E-state index in [9.17, 15) is 22.2 Å². The van der Waals surface area contributed by atoms with Crippen molar-refractivity contribution in [3.8, 4) is 0 Å².